The van der Waals surface area contributed by atoms with Crippen LogP contribution >= 0.6 is 0 Å². The van der Waals surface area contributed by atoms with Crippen LogP contribution in [0.1, 0.15) is 28.9 Å². The minimum Gasteiger partial charge on any atom is -0.505 e. The van der Waals surface area contributed by atoms with E-state index in [2.05, 4.69) is 10.3 Å². The molecule has 5 heteroatoms. The molecule has 98 valence electrons. The Morgan fingerprint density at radius 1 is 1.37 bits per heavy atom. The molecule has 0 bridgehead atoms. The van der Waals surface area contributed by atoms with Crippen LogP contribution in [0, 0.1) is 0 Å². The number of hydrogen-bond acceptors (Lipinski definition) is 4. The van der Waals surface area contributed by atoms with Crippen LogP contribution in [0.3, 0.4) is 0 Å². The van der Waals surface area contributed by atoms with E-state index >= 15 is 0 Å². The van der Waals surface area contributed by atoms with Crippen LogP contribution in [0.15, 0.2) is 42.7 Å². The summed E-state index contributed by atoms with van der Waals surface area (Å²) in [6.07, 6.45) is 2.68. The monoisotopic (exact) mass is 257 g/mol. The number of nitrogens with one attached hydrogen (secondary N) is 1. The summed E-state index contributed by atoms with van der Waals surface area (Å²) in [5, 5.41) is 12.3. The molecule has 0 saturated carbocycles. The van der Waals surface area contributed by atoms with Gasteiger partial charge in [0.1, 0.15) is 5.75 Å². The van der Waals surface area contributed by atoms with Crippen LogP contribution in [0.25, 0.3) is 0 Å². The van der Waals surface area contributed by atoms with Crippen molar-refractivity contribution >= 4 is 11.6 Å². The quantitative estimate of drug-likeness (QED) is 0.785. The fourth-order valence-electron chi connectivity index (χ4n) is 1.78. The maximum Gasteiger partial charge on any atom is 0.259 e. The number of rotatable bonds is 3. The number of anilines is 1. The van der Waals surface area contributed by atoms with E-state index < -0.39 is 5.91 Å². The molecule has 0 radical (unpaired) electrons. The number of carbonyl (C=O) groups excluding carboxylic acids is 1. The van der Waals surface area contributed by atoms with E-state index in [1.165, 1.54) is 18.5 Å². The Bertz CT molecular complexity index is 597. The normalized spacial score (nSPS) is 11.9. The van der Waals surface area contributed by atoms with Gasteiger partial charge >= 0.3 is 0 Å². The summed E-state index contributed by atoms with van der Waals surface area (Å²) in [5.41, 5.74) is 7.50. The number of amides is 1. The van der Waals surface area contributed by atoms with E-state index in [9.17, 15) is 9.90 Å². The number of benzene rings is 1. The molecule has 1 aromatic carbocycles. The van der Waals surface area contributed by atoms with E-state index in [4.69, 9.17) is 5.73 Å². The van der Waals surface area contributed by atoms with Crippen LogP contribution in [-0.4, -0.2) is 16.0 Å². The predicted octanol–water partition coefficient (Wildman–Crippen LogP) is 2.06. The molecule has 5 nitrogen and oxygen atoms in total. The van der Waals surface area contributed by atoms with Gasteiger partial charge in [-0.2, -0.15) is 0 Å². The number of nitrogens with zero attached hydrogens (tertiary/aromatic N) is 1. The lowest BCUT2D eigenvalue weighted by atomic mass is 10.1. The number of carbonyl (C=O) groups is 1. The van der Waals surface area contributed by atoms with Crippen molar-refractivity contribution in [2.24, 2.45) is 5.73 Å². The molecule has 2 rings (SSSR count). The van der Waals surface area contributed by atoms with Gasteiger partial charge in [-0.25, -0.2) is 0 Å². The molecule has 1 heterocycles. The summed E-state index contributed by atoms with van der Waals surface area (Å²) in [6, 6.07) is 8.56. The summed E-state index contributed by atoms with van der Waals surface area (Å²) in [6.45, 7) is 1.84. The summed E-state index contributed by atoms with van der Waals surface area (Å²) >= 11 is 0. The van der Waals surface area contributed by atoms with Gasteiger partial charge in [0.25, 0.3) is 5.91 Å². The highest BCUT2D eigenvalue weighted by Crippen LogP contribution is 2.22. The standard InChI is InChI=1S/C14H15N3O2/c1-9(15)10-4-2-3-5-12(10)17-14(19)11-6-7-16-8-13(11)18/h2-9,18H,15H2,1H3,(H,17,19). The van der Waals surface area contributed by atoms with Crippen LogP contribution in [-0.2, 0) is 0 Å². The highest BCUT2D eigenvalue weighted by molar-refractivity contribution is 6.06. The molecule has 1 atom stereocenters. The molecule has 1 aromatic heterocycles. The largest absolute Gasteiger partial charge is 0.505 e. The number of pyridine rings is 1. The van der Waals surface area contributed by atoms with Crippen molar-refractivity contribution in [1.29, 1.82) is 0 Å². The Kier molecular flexibility index (Phi) is 3.77. The van der Waals surface area contributed by atoms with Crippen molar-refractivity contribution in [3.8, 4) is 5.75 Å². The molecule has 1 amide bonds. The number of para-hydroxylation sites is 1. The van der Waals surface area contributed by atoms with E-state index in [-0.39, 0.29) is 17.4 Å². The second kappa shape index (κ2) is 5.49. The smallest absolute Gasteiger partial charge is 0.259 e. The molecular weight excluding hydrogens is 242 g/mol. The topological polar surface area (TPSA) is 88.2 Å². The van der Waals surface area contributed by atoms with Crippen LogP contribution in [0.2, 0.25) is 0 Å². The Hall–Kier alpha value is -2.40. The molecule has 0 saturated heterocycles. The molecule has 1 unspecified atom stereocenters. The Morgan fingerprint density at radius 2 is 2.11 bits per heavy atom. The van der Waals surface area contributed by atoms with Crippen LogP contribution in [0.4, 0.5) is 5.69 Å². The Labute approximate surface area is 111 Å². The first-order chi connectivity index (χ1) is 9.09. The van der Waals surface area contributed by atoms with Crippen molar-refractivity contribution in [3.63, 3.8) is 0 Å². The molecule has 0 aliphatic heterocycles. The average Bonchev–Trinajstić information content (AvgIpc) is 2.39. The third-order valence-corrected chi connectivity index (χ3v) is 2.74. The summed E-state index contributed by atoms with van der Waals surface area (Å²) in [4.78, 5) is 15.8. The van der Waals surface area contributed by atoms with Crippen molar-refractivity contribution in [2.75, 3.05) is 5.32 Å². The minimum absolute atomic E-state index is 0.154. The minimum atomic E-state index is -0.395. The van der Waals surface area contributed by atoms with E-state index in [1.54, 1.807) is 6.07 Å². The molecule has 0 aliphatic carbocycles. The zero-order chi connectivity index (χ0) is 13.8. The summed E-state index contributed by atoms with van der Waals surface area (Å²) < 4.78 is 0. The van der Waals surface area contributed by atoms with Crippen molar-refractivity contribution < 1.29 is 9.90 Å². The van der Waals surface area contributed by atoms with Gasteiger partial charge in [-0.3, -0.25) is 9.78 Å². The molecule has 0 fully saturated rings. The van der Waals surface area contributed by atoms with Gasteiger partial charge in [0.15, 0.2) is 0 Å². The SMILES string of the molecule is CC(N)c1ccccc1NC(=O)c1ccncc1O. The second-order valence-electron chi connectivity index (χ2n) is 4.22. The van der Waals surface area contributed by atoms with Gasteiger partial charge in [-0.05, 0) is 24.6 Å². The van der Waals surface area contributed by atoms with Gasteiger partial charge < -0.3 is 16.2 Å². The highest BCUT2D eigenvalue weighted by atomic mass is 16.3. The molecule has 19 heavy (non-hydrogen) atoms. The maximum absolute atomic E-state index is 12.1. The molecule has 4 N–H and O–H groups in total. The van der Waals surface area contributed by atoms with Crippen molar-refractivity contribution in [3.05, 3.63) is 53.9 Å². The van der Waals surface area contributed by atoms with Crippen molar-refractivity contribution in [1.82, 2.24) is 4.98 Å². The van der Waals surface area contributed by atoms with Crippen molar-refractivity contribution in [2.45, 2.75) is 13.0 Å². The fraction of sp³-hybridized carbons (Fsp3) is 0.143. The number of hydrogen-bond donors (Lipinski definition) is 3. The van der Waals surface area contributed by atoms with Gasteiger partial charge in [-0.15, -0.1) is 0 Å². The molecular formula is C14H15N3O2. The van der Waals surface area contributed by atoms with E-state index in [1.807, 2.05) is 25.1 Å². The number of aromatic hydroxyl groups is 1. The zero-order valence-electron chi connectivity index (χ0n) is 10.5. The molecule has 0 aliphatic rings. The van der Waals surface area contributed by atoms with Gasteiger partial charge in [0.05, 0.1) is 11.8 Å². The lowest BCUT2D eigenvalue weighted by Crippen LogP contribution is -2.16. The van der Waals surface area contributed by atoms with Gasteiger partial charge in [0.2, 0.25) is 0 Å². The zero-order valence-corrected chi connectivity index (χ0v) is 10.5. The van der Waals surface area contributed by atoms with Gasteiger partial charge in [-0.1, -0.05) is 18.2 Å². The summed E-state index contributed by atoms with van der Waals surface area (Å²) in [7, 11) is 0. The first-order valence-electron chi connectivity index (χ1n) is 5.88. The average molecular weight is 257 g/mol. The van der Waals surface area contributed by atoms with Crippen LogP contribution in [0.5, 0.6) is 5.75 Å². The molecule has 2 aromatic rings. The van der Waals surface area contributed by atoms with E-state index in [0.717, 1.165) is 5.56 Å². The third-order valence-electron chi connectivity index (χ3n) is 2.74. The predicted molar refractivity (Wildman–Crippen MR) is 72.9 cm³/mol. The lowest BCUT2D eigenvalue weighted by Gasteiger charge is -2.13. The number of aromatic nitrogens is 1. The Balaban J connectivity index is 2.27. The fourth-order valence-corrected chi connectivity index (χ4v) is 1.78. The highest BCUT2D eigenvalue weighted by Gasteiger charge is 2.13. The number of nitrogens with two attached hydrogens (primary N) is 1. The Morgan fingerprint density at radius 3 is 2.79 bits per heavy atom. The first kappa shape index (κ1) is 13.0. The van der Waals surface area contributed by atoms with Crippen LogP contribution < -0.4 is 11.1 Å². The summed E-state index contributed by atoms with van der Waals surface area (Å²) in [5.74, 6) is -0.550. The lowest BCUT2D eigenvalue weighted by molar-refractivity contribution is 0.102. The second-order valence-corrected chi connectivity index (χ2v) is 4.22. The molecule has 0 spiro atoms. The van der Waals surface area contributed by atoms with E-state index in [0.29, 0.717) is 5.69 Å². The third kappa shape index (κ3) is 2.89. The maximum atomic E-state index is 12.1. The van der Waals surface area contributed by atoms with Gasteiger partial charge in [0, 0.05) is 17.9 Å². The first-order valence-corrected chi connectivity index (χ1v) is 5.88.